The van der Waals surface area contributed by atoms with E-state index in [-0.39, 0.29) is 17.3 Å². The highest BCUT2D eigenvalue weighted by Crippen LogP contribution is 2.35. The molecule has 0 radical (unpaired) electrons. The first-order valence-corrected chi connectivity index (χ1v) is 9.35. The Labute approximate surface area is 167 Å². The van der Waals surface area contributed by atoms with E-state index in [0.717, 1.165) is 16.7 Å². The second-order valence-corrected chi connectivity index (χ2v) is 7.06. The first kappa shape index (κ1) is 17.1. The zero-order valence-electron chi connectivity index (χ0n) is 15.4. The van der Waals surface area contributed by atoms with Gasteiger partial charge >= 0.3 is 0 Å². The molecule has 4 aromatic carbocycles. The van der Waals surface area contributed by atoms with Crippen LogP contribution in [0.3, 0.4) is 0 Å². The van der Waals surface area contributed by atoms with Crippen LogP contribution in [0.4, 0.5) is 0 Å². The molecule has 0 saturated carbocycles. The van der Waals surface area contributed by atoms with E-state index in [1.165, 1.54) is 0 Å². The van der Waals surface area contributed by atoms with Crippen molar-refractivity contribution < 1.29 is 14.7 Å². The molecule has 0 atom stereocenters. The number of aromatic hydroxyl groups is 1. The molecule has 1 aliphatic rings. The summed E-state index contributed by atoms with van der Waals surface area (Å²) in [6.45, 7) is 0. The predicted octanol–water partition coefficient (Wildman–Crippen LogP) is 5.50. The summed E-state index contributed by atoms with van der Waals surface area (Å²) in [4.78, 5) is 25.8. The number of ketones is 2. The molecule has 29 heavy (non-hydrogen) atoms. The largest absolute Gasteiger partial charge is 0.507 e. The summed E-state index contributed by atoms with van der Waals surface area (Å²) in [5.74, 6) is -0.0744. The van der Waals surface area contributed by atoms with E-state index in [9.17, 15) is 14.7 Å². The minimum absolute atomic E-state index is 0.127. The third kappa shape index (κ3) is 2.75. The van der Waals surface area contributed by atoms with Crippen LogP contribution in [0.25, 0.3) is 22.3 Å². The number of phenolic OH excluding ortho intramolecular Hbond substituents is 1. The average Bonchev–Trinajstić information content (AvgIpc) is 2.78. The Balaban J connectivity index is 1.63. The van der Waals surface area contributed by atoms with Gasteiger partial charge in [-0.15, -0.1) is 0 Å². The lowest BCUT2D eigenvalue weighted by Crippen LogP contribution is -2.20. The quantitative estimate of drug-likeness (QED) is 0.442. The van der Waals surface area contributed by atoms with Gasteiger partial charge < -0.3 is 5.11 Å². The van der Waals surface area contributed by atoms with Crippen LogP contribution in [-0.2, 0) is 0 Å². The van der Waals surface area contributed by atoms with Crippen molar-refractivity contribution in [2.24, 2.45) is 0 Å². The number of carbonyl (C=O) groups excluding carboxylic acids is 2. The van der Waals surface area contributed by atoms with E-state index in [2.05, 4.69) is 0 Å². The van der Waals surface area contributed by atoms with Crippen molar-refractivity contribution in [3.8, 4) is 28.0 Å². The number of hydrogen-bond donors (Lipinski definition) is 1. The Morgan fingerprint density at radius 2 is 0.966 bits per heavy atom. The second kappa shape index (κ2) is 6.57. The fraction of sp³-hybridized carbons (Fsp3) is 0. The Kier molecular flexibility index (Phi) is 3.88. The lowest BCUT2D eigenvalue weighted by Gasteiger charge is -2.18. The van der Waals surface area contributed by atoms with Crippen LogP contribution in [0.1, 0.15) is 31.8 Å². The minimum Gasteiger partial charge on any atom is -0.507 e. The molecule has 0 aromatic heterocycles. The molecule has 0 amide bonds. The molecule has 0 fully saturated rings. The molecule has 0 aliphatic heterocycles. The number of rotatable bonds is 2. The standard InChI is InChI=1S/C26H16O3/c27-24-13-11-18(14-22(24)16-6-2-1-3-7-16)17-10-12-21-23(15-17)26(29)20-9-5-4-8-19(20)25(21)28/h1-15,27H. The molecule has 4 aromatic rings. The van der Waals surface area contributed by atoms with Crippen LogP contribution < -0.4 is 0 Å². The molecule has 5 rings (SSSR count). The SMILES string of the molecule is O=C1c2ccccc2C(=O)c2cc(-c3ccc(O)c(-c4ccccc4)c3)ccc21. The van der Waals surface area contributed by atoms with Crippen molar-refractivity contribution in [1.82, 2.24) is 0 Å². The van der Waals surface area contributed by atoms with E-state index < -0.39 is 0 Å². The number of hydrogen-bond acceptors (Lipinski definition) is 3. The lowest BCUT2D eigenvalue weighted by molar-refractivity contribution is 0.0979. The summed E-state index contributed by atoms with van der Waals surface area (Å²) in [6.07, 6.45) is 0. The van der Waals surface area contributed by atoms with E-state index in [0.29, 0.717) is 27.8 Å². The summed E-state index contributed by atoms with van der Waals surface area (Å²) in [6, 6.07) is 27.3. The third-order valence-electron chi connectivity index (χ3n) is 5.34. The molecule has 0 saturated heterocycles. The summed E-state index contributed by atoms with van der Waals surface area (Å²) < 4.78 is 0. The highest BCUT2D eigenvalue weighted by molar-refractivity contribution is 6.28. The van der Waals surface area contributed by atoms with Crippen molar-refractivity contribution in [3.05, 3.63) is 113 Å². The zero-order chi connectivity index (χ0) is 20.0. The molecule has 3 nitrogen and oxygen atoms in total. The maximum absolute atomic E-state index is 13.0. The molecular weight excluding hydrogens is 360 g/mol. The smallest absolute Gasteiger partial charge is 0.194 e. The fourth-order valence-electron chi connectivity index (χ4n) is 3.84. The Hall–Kier alpha value is -3.98. The van der Waals surface area contributed by atoms with Crippen LogP contribution in [0.15, 0.2) is 91.0 Å². The Bertz CT molecular complexity index is 1290. The molecule has 0 heterocycles. The molecule has 1 aliphatic carbocycles. The van der Waals surface area contributed by atoms with Gasteiger partial charge in [0.25, 0.3) is 0 Å². The van der Waals surface area contributed by atoms with Gasteiger partial charge in [0.15, 0.2) is 11.6 Å². The van der Waals surface area contributed by atoms with Gasteiger partial charge in [-0.2, -0.15) is 0 Å². The number of fused-ring (bicyclic) bond motifs is 2. The number of carbonyl (C=O) groups is 2. The third-order valence-corrected chi connectivity index (χ3v) is 5.34. The first-order chi connectivity index (χ1) is 14.1. The normalized spacial score (nSPS) is 12.4. The van der Waals surface area contributed by atoms with Gasteiger partial charge in [-0.3, -0.25) is 9.59 Å². The minimum atomic E-state index is -0.140. The molecular formula is C26H16O3. The summed E-state index contributed by atoms with van der Waals surface area (Å²) in [5.41, 5.74) is 5.05. The van der Waals surface area contributed by atoms with Gasteiger partial charge in [0.05, 0.1) is 0 Å². The summed E-state index contributed by atoms with van der Waals surface area (Å²) in [5, 5.41) is 10.3. The second-order valence-electron chi connectivity index (χ2n) is 7.06. The average molecular weight is 376 g/mol. The molecule has 0 spiro atoms. The number of benzene rings is 4. The van der Waals surface area contributed by atoms with E-state index in [1.54, 1.807) is 42.5 Å². The zero-order valence-corrected chi connectivity index (χ0v) is 15.4. The van der Waals surface area contributed by atoms with Crippen molar-refractivity contribution in [3.63, 3.8) is 0 Å². The van der Waals surface area contributed by atoms with Crippen molar-refractivity contribution in [1.29, 1.82) is 0 Å². The van der Waals surface area contributed by atoms with Crippen LogP contribution in [-0.4, -0.2) is 16.7 Å². The van der Waals surface area contributed by atoms with Crippen molar-refractivity contribution >= 4 is 11.6 Å². The number of phenols is 1. The lowest BCUT2D eigenvalue weighted by atomic mass is 9.82. The maximum atomic E-state index is 13.0. The monoisotopic (exact) mass is 376 g/mol. The van der Waals surface area contributed by atoms with Gasteiger partial charge in [-0.25, -0.2) is 0 Å². The molecule has 0 bridgehead atoms. The van der Waals surface area contributed by atoms with E-state index in [1.807, 2.05) is 48.5 Å². The van der Waals surface area contributed by atoms with Crippen molar-refractivity contribution in [2.45, 2.75) is 0 Å². The van der Waals surface area contributed by atoms with Gasteiger partial charge in [-0.05, 0) is 41.0 Å². The van der Waals surface area contributed by atoms with Crippen LogP contribution in [0.5, 0.6) is 5.75 Å². The molecule has 1 N–H and O–H groups in total. The first-order valence-electron chi connectivity index (χ1n) is 9.35. The molecule has 138 valence electrons. The highest BCUT2D eigenvalue weighted by atomic mass is 16.3. The topological polar surface area (TPSA) is 54.4 Å². The maximum Gasteiger partial charge on any atom is 0.194 e. The summed E-state index contributed by atoms with van der Waals surface area (Å²) in [7, 11) is 0. The predicted molar refractivity (Wildman–Crippen MR) is 112 cm³/mol. The van der Waals surface area contributed by atoms with Gasteiger partial charge in [0, 0.05) is 27.8 Å². The van der Waals surface area contributed by atoms with Crippen molar-refractivity contribution in [2.75, 3.05) is 0 Å². The van der Waals surface area contributed by atoms with E-state index in [4.69, 9.17) is 0 Å². The van der Waals surface area contributed by atoms with E-state index >= 15 is 0 Å². The Morgan fingerprint density at radius 1 is 0.448 bits per heavy atom. The van der Waals surface area contributed by atoms with Gasteiger partial charge in [0.1, 0.15) is 5.75 Å². The summed E-state index contributed by atoms with van der Waals surface area (Å²) >= 11 is 0. The Morgan fingerprint density at radius 3 is 1.66 bits per heavy atom. The van der Waals surface area contributed by atoms with Crippen LogP contribution in [0.2, 0.25) is 0 Å². The van der Waals surface area contributed by atoms with Gasteiger partial charge in [0.2, 0.25) is 0 Å². The molecule has 3 heteroatoms. The molecule has 0 unspecified atom stereocenters. The highest BCUT2D eigenvalue weighted by Gasteiger charge is 2.29. The van der Waals surface area contributed by atoms with Crippen LogP contribution in [0, 0.1) is 0 Å². The fourth-order valence-corrected chi connectivity index (χ4v) is 3.84. The van der Waals surface area contributed by atoms with Gasteiger partial charge in [-0.1, -0.05) is 66.7 Å². The van der Waals surface area contributed by atoms with Crippen LogP contribution >= 0.6 is 0 Å².